The maximum Gasteiger partial charge on any atom is 0.344 e. The predicted octanol–water partition coefficient (Wildman–Crippen LogP) is 2.93. The van der Waals surface area contributed by atoms with Gasteiger partial charge in [-0.05, 0) is 17.7 Å². The van der Waals surface area contributed by atoms with Gasteiger partial charge in [0.25, 0.3) is 5.69 Å². The molecule has 124 valence electrons. The molecule has 1 aliphatic rings. The van der Waals surface area contributed by atoms with Crippen molar-refractivity contribution in [2.75, 3.05) is 5.32 Å². The van der Waals surface area contributed by atoms with Gasteiger partial charge in [0, 0.05) is 17.5 Å². The topological polar surface area (TPSA) is 114 Å². The highest BCUT2D eigenvalue weighted by atomic mass is 16.6. The van der Waals surface area contributed by atoms with Crippen molar-refractivity contribution in [3.63, 3.8) is 0 Å². The molecule has 0 fully saturated rings. The Labute approximate surface area is 140 Å². The SMILES string of the molecule is O=C1Nc2c(c(=O)oc3ccccc23)[C@H](c2cccc([N+](=O)[O-])c2)N1. The Kier molecular flexibility index (Phi) is 3.24. The van der Waals surface area contributed by atoms with Gasteiger partial charge in [0.1, 0.15) is 5.58 Å². The largest absolute Gasteiger partial charge is 0.422 e. The summed E-state index contributed by atoms with van der Waals surface area (Å²) in [5, 5.41) is 16.9. The van der Waals surface area contributed by atoms with Crippen molar-refractivity contribution in [1.29, 1.82) is 0 Å². The van der Waals surface area contributed by atoms with Gasteiger partial charge < -0.3 is 15.1 Å². The number of hydrogen-bond donors (Lipinski definition) is 2. The van der Waals surface area contributed by atoms with Crippen LogP contribution in [0.3, 0.4) is 0 Å². The second-order valence-electron chi connectivity index (χ2n) is 5.56. The van der Waals surface area contributed by atoms with E-state index in [0.29, 0.717) is 22.2 Å². The van der Waals surface area contributed by atoms with Gasteiger partial charge in [-0.1, -0.05) is 24.3 Å². The number of nitrogens with zero attached hydrogens (tertiary/aromatic N) is 1. The highest BCUT2D eigenvalue weighted by Crippen LogP contribution is 2.35. The standard InChI is InChI=1S/C17H11N3O5/c21-16-13-14(9-4-3-5-10(8-9)20(23)24)18-17(22)19-15(13)11-6-1-2-7-12(11)25-16/h1-8,14H,(H2,18,19,22)/t14-/m0/s1. The number of carbonyl (C=O) groups excluding carboxylic acids is 1. The van der Waals surface area contributed by atoms with E-state index in [1.807, 2.05) is 0 Å². The molecule has 2 amide bonds. The number of carbonyl (C=O) groups is 1. The van der Waals surface area contributed by atoms with Crippen LogP contribution in [0.15, 0.2) is 57.7 Å². The van der Waals surface area contributed by atoms with E-state index < -0.39 is 22.6 Å². The molecule has 25 heavy (non-hydrogen) atoms. The normalized spacial score (nSPS) is 16.0. The minimum absolute atomic E-state index is 0.128. The Hall–Kier alpha value is -3.68. The number of amides is 2. The van der Waals surface area contributed by atoms with E-state index in [2.05, 4.69) is 10.6 Å². The lowest BCUT2D eigenvalue weighted by atomic mass is 9.95. The maximum absolute atomic E-state index is 12.5. The van der Waals surface area contributed by atoms with Gasteiger partial charge in [0.05, 0.1) is 22.2 Å². The lowest BCUT2D eigenvalue weighted by Gasteiger charge is -2.27. The zero-order chi connectivity index (χ0) is 17.6. The Balaban J connectivity index is 1.98. The zero-order valence-electron chi connectivity index (χ0n) is 12.7. The Bertz CT molecular complexity index is 1090. The molecule has 0 saturated heterocycles. The number of urea groups is 1. The average molecular weight is 337 g/mol. The molecular weight excluding hydrogens is 326 g/mol. The van der Waals surface area contributed by atoms with Crippen LogP contribution in [-0.4, -0.2) is 11.0 Å². The van der Waals surface area contributed by atoms with E-state index in [1.165, 1.54) is 18.2 Å². The second kappa shape index (κ2) is 5.45. The number of benzene rings is 2. The van der Waals surface area contributed by atoms with Gasteiger partial charge in [-0.2, -0.15) is 0 Å². The summed E-state index contributed by atoms with van der Waals surface area (Å²) in [5.41, 5.74) is 0.597. The van der Waals surface area contributed by atoms with Crippen LogP contribution in [0.4, 0.5) is 16.2 Å². The van der Waals surface area contributed by atoms with Crippen LogP contribution in [-0.2, 0) is 0 Å². The minimum atomic E-state index is -0.843. The quantitative estimate of drug-likeness (QED) is 0.424. The molecule has 1 aliphatic heterocycles. The molecule has 8 heteroatoms. The van der Waals surface area contributed by atoms with Crippen molar-refractivity contribution in [1.82, 2.24) is 5.32 Å². The fourth-order valence-electron chi connectivity index (χ4n) is 2.98. The first-order valence-corrected chi connectivity index (χ1v) is 7.42. The Morgan fingerprint density at radius 3 is 2.68 bits per heavy atom. The summed E-state index contributed by atoms with van der Waals surface area (Å²) < 4.78 is 5.34. The lowest BCUT2D eigenvalue weighted by molar-refractivity contribution is -0.384. The van der Waals surface area contributed by atoms with Crippen LogP contribution < -0.4 is 16.3 Å². The van der Waals surface area contributed by atoms with E-state index in [-0.39, 0.29) is 11.3 Å². The molecule has 3 aromatic rings. The number of non-ortho nitro benzene ring substituents is 1. The fourth-order valence-corrected chi connectivity index (χ4v) is 2.98. The molecular formula is C17H11N3O5. The highest BCUT2D eigenvalue weighted by molar-refractivity contribution is 6.03. The van der Waals surface area contributed by atoms with Crippen molar-refractivity contribution in [2.45, 2.75) is 6.04 Å². The van der Waals surface area contributed by atoms with E-state index >= 15 is 0 Å². The van der Waals surface area contributed by atoms with Crippen LogP contribution in [0.2, 0.25) is 0 Å². The van der Waals surface area contributed by atoms with Gasteiger partial charge in [0.15, 0.2) is 0 Å². The first-order chi connectivity index (χ1) is 12.0. The smallest absolute Gasteiger partial charge is 0.344 e. The summed E-state index contributed by atoms with van der Waals surface area (Å²) >= 11 is 0. The summed E-state index contributed by atoms with van der Waals surface area (Å²) in [6.07, 6.45) is 0. The number of anilines is 1. The number of para-hydroxylation sites is 1. The predicted molar refractivity (Wildman–Crippen MR) is 89.6 cm³/mol. The van der Waals surface area contributed by atoms with Gasteiger partial charge in [-0.3, -0.25) is 10.1 Å². The number of hydrogen-bond acceptors (Lipinski definition) is 5. The second-order valence-corrected chi connectivity index (χ2v) is 5.56. The molecule has 0 saturated carbocycles. The summed E-state index contributed by atoms with van der Waals surface area (Å²) in [4.78, 5) is 35.1. The number of nitrogens with one attached hydrogen (secondary N) is 2. The average Bonchev–Trinajstić information content (AvgIpc) is 2.61. The summed E-state index contributed by atoms with van der Waals surface area (Å²) in [6, 6.07) is 11.3. The summed E-state index contributed by atoms with van der Waals surface area (Å²) in [7, 11) is 0. The number of fused-ring (bicyclic) bond motifs is 3. The molecule has 8 nitrogen and oxygen atoms in total. The molecule has 0 bridgehead atoms. The lowest BCUT2D eigenvalue weighted by Crippen LogP contribution is -2.41. The molecule has 0 radical (unpaired) electrons. The molecule has 2 aromatic carbocycles. The van der Waals surface area contributed by atoms with Crippen molar-refractivity contribution >= 4 is 28.4 Å². The van der Waals surface area contributed by atoms with Crippen LogP contribution in [0, 0.1) is 10.1 Å². The van der Waals surface area contributed by atoms with E-state index in [1.54, 1.807) is 30.3 Å². The van der Waals surface area contributed by atoms with Gasteiger partial charge in [-0.15, -0.1) is 0 Å². The summed E-state index contributed by atoms with van der Waals surface area (Å²) in [6.45, 7) is 0. The Morgan fingerprint density at radius 1 is 1.08 bits per heavy atom. The first kappa shape index (κ1) is 14.9. The maximum atomic E-state index is 12.5. The fraction of sp³-hybridized carbons (Fsp3) is 0.0588. The molecule has 2 heterocycles. The van der Waals surface area contributed by atoms with Crippen LogP contribution in [0.25, 0.3) is 11.0 Å². The van der Waals surface area contributed by atoms with Crippen molar-refractivity contribution in [3.05, 3.63) is 80.2 Å². The highest BCUT2D eigenvalue weighted by Gasteiger charge is 2.31. The van der Waals surface area contributed by atoms with Crippen molar-refractivity contribution in [3.8, 4) is 0 Å². The molecule has 1 aromatic heterocycles. The molecule has 1 atom stereocenters. The number of rotatable bonds is 2. The minimum Gasteiger partial charge on any atom is -0.422 e. The van der Waals surface area contributed by atoms with Crippen molar-refractivity contribution in [2.24, 2.45) is 0 Å². The number of nitro groups is 1. The molecule has 4 rings (SSSR count). The third-order valence-electron chi connectivity index (χ3n) is 4.07. The van der Waals surface area contributed by atoms with Gasteiger partial charge in [0.2, 0.25) is 0 Å². The molecule has 2 N–H and O–H groups in total. The Morgan fingerprint density at radius 2 is 1.88 bits per heavy atom. The van der Waals surface area contributed by atoms with Crippen LogP contribution in [0.5, 0.6) is 0 Å². The number of nitro benzene ring substituents is 1. The van der Waals surface area contributed by atoms with E-state index in [4.69, 9.17) is 4.42 Å². The monoisotopic (exact) mass is 337 g/mol. The van der Waals surface area contributed by atoms with E-state index in [9.17, 15) is 19.7 Å². The van der Waals surface area contributed by atoms with Crippen LogP contribution >= 0.6 is 0 Å². The van der Waals surface area contributed by atoms with Crippen molar-refractivity contribution < 1.29 is 14.1 Å². The molecule has 0 aliphatic carbocycles. The molecule has 0 unspecified atom stereocenters. The summed E-state index contributed by atoms with van der Waals surface area (Å²) in [5.74, 6) is 0. The first-order valence-electron chi connectivity index (χ1n) is 7.42. The van der Waals surface area contributed by atoms with Gasteiger partial charge in [-0.25, -0.2) is 9.59 Å². The van der Waals surface area contributed by atoms with E-state index in [0.717, 1.165) is 0 Å². The van der Waals surface area contributed by atoms with Crippen LogP contribution in [0.1, 0.15) is 17.2 Å². The molecule has 0 spiro atoms. The van der Waals surface area contributed by atoms with Gasteiger partial charge >= 0.3 is 11.7 Å². The third kappa shape index (κ3) is 2.40. The zero-order valence-corrected chi connectivity index (χ0v) is 12.7. The third-order valence-corrected chi connectivity index (χ3v) is 4.07.